The Balaban J connectivity index is 1.73. The van der Waals surface area contributed by atoms with E-state index in [1.807, 2.05) is 6.07 Å². The number of para-hydroxylation sites is 1. The number of nitrogens with zero attached hydrogens (tertiary/aromatic N) is 1. The van der Waals surface area contributed by atoms with Gasteiger partial charge in [0, 0.05) is 10.6 Å². The van der Waals surface area contributed by atoms with Crippen LogP contribution in [0.2, 0.25) is 0 Å². The summed E-state index contributed by atoms with van der Waals surface area (Å²) in [5, 5.41) is 13.3. The van der Waals surface area contributed by atoms with Crippen molar-refractivity contribution in [3.05, 3.63) is 54.3 Å². The van der Waals surface area contributed by atoms with Crippen molar-refractivity contribution >= 4 is 52.7 Å². The molecule has 2 aromatic carbocycles. The average molecular weight is 462 g/mol. The number of nitriles is 1. The van der Waals surface area contributed by atoms with Crippen molar-refractivity contribution in [2.45, 2.75) is 17.1 Å². The summed E-state index contributed by atoms with van der Waals surface area (Å²) in [5.74, 6) is -1.65. The van der Waals surface area contributed by atoms with Crippen LogP contribution in [0.5, 0.6) is 0 Å². The fraction of sp³-hybridized carbons (Fsp3) is 0.238. The Labute approximate surface area is 187 Å². The van der Waals surface area contributed by atoms with E-state index < -0.39 is 29.6 Å². The lowest BCUT2D eigenvalue weighted by Crippen LogP contribution is -2.26. The fourth-order valence-corrected chi connectivity index (χ4v) is 3.59. The van der Waals surface area contributed by atoms with Crippen LogP contribution in [0.3, 0.4) is 0 Å². The molecule has 0 radical (unpaired) electrons. The van der Waals surface area contributed by atoms with Gasteiger partial charge in [-0.3, -0.25) is 14.4 Å². The maximum Gasteiger partial charge on any atom is 0.319 e. The number of ether oxygens (including phenoxy) is 1. The van der Waals surface area contributed by atoms with Crippen LogP contribution < -0.4 is 10.6 Å². The second kappa shape index (κ2) is 12.6. The smallest absolute Gasteiger partial charge is 0.319 e. The van der Waals surface area contributed by atoms with Crippen LogP contribution in [-0.4, -0.2) is 41.1 Å². The van der Waals surface area contributed by atoms with E-state index >= 15 is 0 Å². The zero-order valence-corrected chi connectivity index (χ0v) is 18.2. The van der Waals surface area contributed by atoms with E-state index in [0.717, 1.165) is 16.7 Å². The molecule has 2 aromatic rings. The topological polar surface area (TPSA) is 108 Å². The molecule has 1 atom stereocenters. The van der Waals surface area contributed by atoms with Crippen molar-refractivity contribution in [3.8, 4) is 6.07 Å². The molecule has 10 heteroatoms. The Morgan fingerprint density at radius 1 is 1.10 bits per heavy atom. The number of carbonyl (C=O) groups excluding carboxylic acids is 3. The third kappa shape index (κ3) is 8.70. The summed E-state index contributed by atoms with van der Waals surface area (Å²) >= 11 is 2.34. The summed E-state index contributed by atoms with van der Waals surface area (Å²) in [4.78, 5) is 36.9. The number of halogens is 1. The van der Waals surface area contributed by atoms with Crippen LogP contribution in [-0.2, 0) is 19.1 Å². The predicted molar refractivity (Wildman–Crippen MR) is 119 cm³/mol. The third-order valence-corrected chi connectivity index (χ3v) is 5.78. The zero-order chi connectivity index (χ0) is 22.6. The number of carbonyl (C=O) groups is 3. The number of nitrogens with one attached hydrogen (secondary N) is 2. The molecule has 0 spiro atoms. The molecule has 2 N–H and O–H groups in total. The molecule has 0 fully saturated rings. The maximum absolute atomic E-state index is 12.9. The maximum atomic E-state index is 12.9. The Hall–Kier alpha value is -3.03. The van der Waals surface area contributed by atoms with Crippen LogP contribution in [0.25, 0.3) is 0 Å². The highest BCUT2D eigenvalue weighted by molar-refractivity contribution is 8.01. The molecular formula is C21H20FN3O4S2. The molecule has 0 bridgehead atoms. The van der Waals surface area contributed by atoms with Crippen LogP contribution in [0.4, 0.5) is 15.8 Å². The number of benzene rings is 2. The molecule has 0 aromatic heterocycles. The van der Waals surface area contributed by atoms with E-state index in [1.54, 1.807) is 31.2 Å². The van der Waals surface area contributed by atoms with Gasteiger partial charge < -0.3 is 15.4 Å². The minimum Gasteiger partial charge on any atom is -0.455 e. The molecule has 2 rings (SSSR count). The van der Waals surface area contributed by atoms with Crippen molar-refractivity contribution < 1.29 is 23.5 Å². The number of amides is 2. The summed E-state index contributed by atoms with van der Waals surface area (Å²) < 4.78 is 17.9. The van der Waals surface area contributed by atoms with Crippen molar-refractivity contribution in [1.29, 1.82) is 5.26 Å². The second-order valence-corrected chi connectivity index (χ2v) is 8.45. The molecule has 0 heterocycles. The summed E-state index contributed by atoms with van der Waals surface area (Å²) in [6, 6.07) is 14.4. The first-order chi connectivity index (χ1) is 14.9. The van der Waals surface area contributed by atoms with E-state index in [-0.39, 0.29) is 17.4 Å². The largest absolute Gasteiger partial charge is 0.455 e. The van der Waals surface area contributed by atoms with Crippen LogP contribution >= 0.6 is 23.5 Å². The minimum absolute atomic E-state index is 0.0106. The van der Waals surface area contributed by atoms with Gasteiger partial charge in [-0.15, -0.1) is 23.5 Å². The first-order valence-corrected chi connectivity index (χ1v) is 11.1. The van der Waals surface area contributed by atoms with Gasteiger partial charge in [-0.2, -0.15) is 5.26 Å². The molecule has 0 unspecified atom stereocenters. The van der Waals surface area contributed by atoms with E-state index in [2.05, 4.69) is 10.6 Å². The Kier molecular flexibility index (Phi) is 9.87. The standard InChI is InChI=1S/C21H20FN3O4S2/c1-14(31-13-20(27)24-16-8-6-15(22)7-9-16)21(28)29-12-19(26)25-17-4-2-3-5-18(17)30-11-10-23/h2-9,14H,11-13H2,1H3,(H,24,27)(H,25,26)/t14-/m0/s1. The van der Waals surface area contributed by atoms with Gasteiger partial charge in [-0.25, -0.2) is 4.39 Å². The van der Waals surface area contributed by atoms with Gasteiger partial charge in [-0.1, -0.05) is 12.1 Å². The summed E-state index contributed by atoms with van der Waals surface area (Å²) in [7, 11) is 0. The molecule has 2 amide bonds. The average Bonchev–Trinajstić information content (AvgIpc) is 2.76. The first kappa shape index (κ1) is 24.2. The highest BCUT2D eigenvalue weighted by Crippen LogP contribution is 2.26. The van der Waals surface area contributed by atoms with Crippen molar-refractivity contribution in [2.24, 2.45) is 0 Å². The third-order valence-electron chi connectivity index (χ3n) is 3.72. The quantitative estimate of drug-likeness (QED) is 0.410. The van der Waals surface area contributed by atoms with Gasteiger partial charge in [0.15, 0.2) is 6.61 Å². The Morgan fingerprint density at radius 3 is 2.52 bits per heavy atom. The van der Waals surface area contributed by atoms with E-state index in [4.69, 9.17) is 10.00 Å². The van der Waals surface area contributed by atoms with Gasteiger partial charge in [0.05, 0.1) is 23.3 Å². The zero-order valence-electron chi connectivity index (χ0n) is 16.6. The summed E-state index contributed by atoms with van der Waals surface area (Å²) in [6.45, 7) is 1.10. The molecule has 31 heavy (non-hydrogen) atoms. The Morgan fingerprint density at radius 2 is 1.81 bits per heavy atom. The number of esters is 1. The molecule has 0 saturated carbocycles. The normalized spacial score (nSPS) is 11.1. The highest BCUT2D eigenvalue weighted by atomic mass is 32.2. The number of hydrogen-bond donors (Lipinski definition) is 2. The number of hydrogen-bond acceptors (Lipinski definition) is 7. The van der Waals surface area contributed by atoms with Gasteiger partial charge in [-0.05, 0) is 43.3 Å². The van der Waals surface area contributed by atoms with Gasteiger partial charge in [0.1, 0.15) is 11.1 Å². The number of rotatable bonds is 10. The molecule has 7 nitrogen and oxygen atoms in total. The monoisotopic (exact) mass is 461 g/mol. The predicted octanol–water partition coefficient (Wildman–Crippen LogP) is 3.68. The van der Waals surface area contributed by atoms with E-state index in [0.29, 0.717) is 11.4 Å². The van der Waals surface area contributed by atoms with Crippen molar-refractivity contribution in [2.75, 3.05) is 28.7 Å². The summed E-state index contributed by atoms with van der Waals surface area (Å²) in [6.07, 6.45) is 0. The molecular weight excluding hydrogens is 441 g/mol. The van der Waals surface area contributed by atoms with Crippen LogP contribution in [0, 0.1) is 17.1 Å². The lowest BCUT2D eigenvalue weighted by Gasteiger charge is -2.12. The van der Waals surface area contributed by atoms with E-state index in [1.165, 1.54) is 36.0 Å². The second-order valence-electron chi connectivity index (χ2n) is 6.11. The molecule has 0 aliphatic carbocycles. The number of anilines is 2. The lowest BCUT2D eigenvalue weighted by atomic mass is 10.3. The van der Waals surface area contributed by atoms with Crippen molar-refractivity contribution in [3.63, 3.8) is 0 Å². The highest BCUT2D eigenvalue weighted by Gasteiger charge is 2.18. The molecule has 0 saturated heterocycles. The van der Waals surface area contributed by atoms with E-state index in [9.17, 15) is 18.8 Å². The Bertz CT molecular complexity index is 964. The van der Waals surface area contributed by atoms with Gasteiger partial charge >= 0.3 is 5.97 Å². The van der Waals surface area contributed by atoms with Gasteiger partial charge in [0.25, 0.3) is 5.91 Å². The van der Waals surface area contributed by atoms with Crippen molar-refractivity contribution in [1.82, 2.24) is 0 Å². The van der Waals surface area contributed by atoms with Crippen LogP contribution in [0.15, 0.2) is 53.4 Å². The SMILES string of the molecule is C[C@H](SCC(=O)Nc1ccc(F)cc1)C(=O)OCC(=O)Nc1ccccc1SCC#N. The molecule has 162 valence electrons. The molecule has 0 aliphatic rings. The summed E-state index contributed by atoms with van der Waals surface area (Å²) in [5.41, 5.74) is 0.982. The molecule has 0 aliphatic heterocycles. The fourth-order valence-electron chi connectivity index (χ4n) is 2.25. The van der Waals surface area contributed by atoms with Crippen LogP contribution in [0.1, 0.15) is 6.92 Å². The van der Waals surface area contributed by atoms with Gasteiger partial charge in [0.2, 0.25) is 5.91 Å². The first-order valence-electron chi connectivity index (χ1n) is 9.11. The number of thioether (sulfide) groups is 2. The minimum atomic E-state index is -0.662. The lowest BCUT2D eigenvalue weighted by molar-refractivity contribution is -0.146.